The summed E-state index contributed by atoms with van der Waals surface area (Å²) in [5, 5.41) is 12.2. The third-order valence-corrected chi connectivity index (χ3v) is 5.07. The van der Waals surface area contributed by atoms with Crippen molar-refractivity contribution in [1.82, 2.24) is 10.2 Å². The van der Waals surface area contributed by atoms with Crippen molar-refractivity contribution in [3.05, 3.63) is 71.5 Å². The molecule has 1 saturated heterocycles. The molecule has 0 unspecified atom stereocenters. The molecule has 0 aromatic heterocycles. The van der Waals surface area contributed by atoms with Crippen LogP contribution in [-0.4, -0.2) is 41.0 Å². The fourth-order valence-corrected chi connectivity index (χ4v) is 3.65. The number of halogens is 1. The van der Waals surface area contributed by atoms with Gasteiger partial charge in [-0.15, -0.1) is 0 Å². The zero-order valence-corrected chi connectivity index (χ0v) is 15.7. The molecule has 1 fully saturated rings. The fraction of sp³-hybridized carbons (Fsp3) is 0.364. The fourth-order valence-electron chi connectivity index (χ4n) is 3.65. The Hall–Kier alpha value is -2.73. The predicted octanol–water partition coefficient (Wildman–Crippen LogP) is 2.85. The average Bonchev–Trinajstić information content (AvgIpc) is 2.68. The Morgan fingerprint density at radius 2 is 1.89 bits per heavy atom. The van der Waals surface area contributed by atoms with Gasteiger partial charge in [0, 0.05) is 19.5 Å². The SMILES string of the molecule is O=C(N[C@@H](Cc1ccccc1)C(=O)O)[C@@H]1CCCN(Cc2cccc(F)c2)C1. The number of benzene rings is 2. The van der Waals surface area contributed by atoms with Crippen LogP contribution in [0.25, 0.3) is 0 Å². The maximum atomic E-state index is 13.4. The van der Waals surface area contributed by atoms with Crippen molar-refractivity contribution >= 4 is 11.9 Å². The molecule has 2 aromatic carbocycles. The minimum Gasteiger partial charge on any atom is -0.480 e. The number of carbonyl (C=O) groups excluding carboxylic acids is 1. The van der Waals surface area contributed by atoms with E-state index < -0.39 is 12.0 Å². The molecule has 0 aliphatic carbocycles. The van der Waals surface area contributed by atoms with Gasteiger partial charge in [0.25, 0.3) is 0 Å². The van der Waals surface area contributed by atoms with Crippen LogP contribution in [0.4, 0.5) is 4.39 Å². The van der Waals surface area contributed by atoms with Crippen molar-refractivity contribution in [1.29, 1.82) is 0 Å². The van der Waals surface area contributed by atoms with Crippen LogP contribution in [0.15, 0.2) is 54.6 Å². The molecule has 1 amide bonds. The van der Waals surface area contributed by atoms with Gasteiger partial charge in [-0.2, -0.15) is 0 Å². The van der Waals surface area contributed by atoms with Crippen molar-refractivity contribution in [3.63, 3.8) is 0 Å². The van der Waals surface area contributed by atoms with E-state index in [0.717, 1.165) is 30.5 Å². The van der Waals surface area contributed by atoms with Crippen LogP contribution in [0, 0.1) is 11.7 Å². The number of likely N-dealkylation sites (tertiary alicyclic amines) is 1. The molecule has 1 heterocycles. The van der Waals surface area contributed by atoms with E-state index in [1.54, 1.807) is 6.07 Å². The first-order chi connectivity index (χ1) is 13.5. The second-order valence-corrected chi connectivity index (χ2v) is 7.29. The summed E-state index contributed by atoms with van der Waals surface area (Å²) in [6.45, 7) is 1.96. The Morgan fingerprint density at radius 3 is 2.61 bits per heavy atom. The van der Waals surface area contributed by atoms with Crippen LogP contribution < -0.4 is 5.32 Å². The molecule has 0 bridgehead atoms. The minimum atomic E-state index is -1.04. The van der Waals surface area contributed by atoms with Crippen LogP contribution in [0.2, 0.25) is 0 Å². The van der Waals surface area contributed by atoms with Crippen LogP contribution in [-0.2, 0) is 22.6 Å². The summed E-state index contributed by atoms with van der Waals surface area (Å²) in [5.41, 5.74) is 1.74. The highest BCUT2D eigenvalue weighted by atomic mass is 19.1. The maximum absolute atomic E-state index is 13.4. The number of hydrogen-bond donors (Lipinski definition) is 2. The summed E-state index contributed by atoms with van der Waals surface area (Å²) in [6.07, 6.45) is 1.83. The van der Waals surface area contributed by atoms with Gasteiger partial charge in [0.1, 0.15) is 11.9 Å². The normalized spacial score (nSPS) is 18.4. The lowest BCUT2D eigenvalue weighted by molar-refractivity contribution is -0.142. The van der Waals surface area contributed by atoms with Crippen molar-refractivity contribution in [2.24, 2.45) is 5.92 Å². The van der Waals surface area contributed by atoms with Crippen molar-refractivity contribution in [2.45, 2.75) is 31.8 Å². The van der Waals surface area contributed by atoms with E-state index in [-0.39, 0.29) is 24.1 Å². The molecule has 0 saturated carbocycles. The highest BCUT2D eigenvalue weighted by Crippen LogP contribution is 2.19. The van der Waals surface area contributed by atoms with E-state index in [9.17, 15) is 19.1 Å². The molecule has 0 spiro atoms. The molecule has 2 aromatic rings. The minimum absolute atomic E-state index is 0.229. The molecule has 148 valence electrons. The number of hydrogen-bond acceptors (Lipinski definition) is 3. The standard InChI is InChI=1S/C22H25FN2O3/c23-19-10-4-8-17(12-19)14-25-11-5-9-18(15-25)21(26)24-20(22(27)28)13-16-6-2-1-3-7-16/h1-4,6-8,10,12,18,20H,5,9,11,13-15H2,(H,24,26)(H,27,28)/t18-,20+/m1/s1. The monoisotopic (exact) mass is 384 g/mol. The second-order valence-electron chi connectivity index (χ2n) is 7.29. The summed E-state index contributed by atoms with van der Waals surface area (Å²) in [7, 11) is 0. The summed E-state index contributed by atoms with van der Waals surface area (Å²) in [5.74, 6) is -1.80. The summed E-state index contributed by atoms with van der Waals surface area (Å²) >= 11 is 0. The van der Waals surface area contributed by atoms with Gasteiger partial charge in [-0.05, 0) is 42.6 Å². The Morgan fingerprint density at radius 1 is 1.14 bits per heavy atom. The molecule has 3 rings (SSSR count). The number of amides is 1. The molecule has 1 aliphatic heterocycles. The Bertz CT molecular complexity index is 812. The number of carboxylic acid groups (broad SMARTS) is 1. The van der Waals surface area contributed by atoms with Gasteiger partial charge >= 0.3 is 5.97 Å². The van der Waals surface area contributed by atoms with Crippen molar-refractivity contribution < 1.29 is 19.1 Å². The molecule has 2 atom stereocenters. The predicted molar refractivity (Wildman–Crippen MR) is 104 cm³/mol. The van der Waals surface area contributed by atoms with Crippen molar-refractivity contribution in [3.8, 4) is 0 Å². The van der Waals surface area contributed by atoms with E-state index >= 15 is 0 Å². The van der Waals surface area contributed by atoms with Gasteiger partial charge in [0.2, 0.25) is 5.91 Å². The number of carboxylic acids is 1. The largest absolute Gasteiger partial charge is 0.480 e. The van der Waals surface area contributed by atoms with E-state index in [1.807, 2.05) is 36.4 Å². The van der Waals surface area contributed by atoms with Gasteiger partial charge in [-0.3, -0.25) is 9.69 Å². The maximum Gasteiger partial charge on any atom is 0.326 e. The Balaban J connectivity index is 1.58. The van der Waals surface area contributed by atoms with E-state index in [0.29, 0.717) is 13.1 Å². The van der Waals surface area contributed by atoms with Crippen LogP contribution in [0.1, 0.15) is 24.0 Å². The van der Waals surface area contributed by atoms with Gasteiger partial charge < -0.3 is 10.4 Å². The third-order valence-electron chi connectivity index (χ3n) is 5.07. The van der Waals surface area contributed by atoms with Crippen LogP contribution >= 0.6 is 0 Å². The Kier molecular flexibility index (Phi) is 6.76. The lowest BCUT2D eigenvalue weighted by Crippen LogP contribution is -2.48. The quantitative estimate of drug-likeness (QED) is 0.770. The smallest absolute Gasteiger partial charge is 0.326 e. The van der Waals surface area contributed by atoms with Gasteiger partial charge in [-0.1, -0.05) is 42.5 Å². The lowest BCUT2D eigenvalue weighted by atomic mass is 9.95. The van der Waals surface area contributed by atoms with E-state index in [4.69, 9.17) is 0 Å². The number of aliphatic carboxylic acids is 1. The van der Waals surface area contributed by atoms with E-state index in [1.165, 1.54) is 12.1 Å². The third kappa shape index (κ3) is 5.63. The average molecular weight is 384 g/mol. The summed E-state index contributed by atoms with van der Waals surface area (Å²) in [6, 6.07) is 14.8. The van der Waals surface area contributed by atoms with Crippen molar-refractivity contribution in [2.75, 3.05) is 13.1 Å². The second kappa shape index (κ2) is 9.46. The molecule has 1 aliphatic rings. The van der Waals surface area contributed by atoms with Crippen LogP contribution in [0.3, 0.4) is 0 Å². The van der Waals surface area contributed by atoms with Gasteiger partial charge in [-0.25, -0.2) is 9.18 Å². The lowest BCUT2D eigenvalue weighted by Gasteiger charge is -2.32. The first kappa shape index (κ1) is 20.0. The molecule has 5 nitrogen and oxygen atoms in total. The number of piperidine rings is 1. The zero-order chi connectivity index (χ0) is 19.9. The number of nitrogens with one attached hydrogen (secondary N) is 1. The van der Waals surface area contributed by atoms with E-state index in [2.05, 4.69) is 10.2 Å². The molecular formula is C22H25FN2O3. The zero-order valence-electron chi connectivity index (χ0n) is 15.7. The number of nitrogens with zero attached hydrogens (tertiary/aromatic N) is 1. The highest BCUT2D eigenvalue weighted by molar-refractivity contribution is 5.85. The first-order valence-electron chi connectivity index (χ1n) is 9.55. The number of rotatable bonds is 7. The number of carbonyl (C=O) groups is 2. The summed E-state index contributed by atoms with van der Waals surface area (Å²) < 4.78 is 13.4. The first-order valence-corrected chi connectivity index (χ1v) is 9.55. The van der Waals surface area contributed by atoms with Gasteiger partial charge in [0.05, 0.1) is 5.92 Å². The molecule has 6 heteroatoms. The molecular weight excluding hydrogens is 359 g/mol. The molecule has 0 radical (unpaired) electrons. The van der Waals surface area contributed by atoms with Gasteiger partial charge in [0.15, 0.2) is 0 Å². The highest BCUT2D eigenvalue weighted by Gasteiger charge is 2.29. The molecule has 28 heavy (non-hydrogen) atoms. The molecule has 2 N–H and O–H groups in total. The summed E-state index contributed by atoms with van der Waals surface area (Å²) in [4.78, 5) is 26.4. The Labute approximate surface area is 164 Å². The topological polar surface area (TPSA) is 69.6 Å². The van der Waals surface area contributed by atoms with Crippen LogP contribution in [0.5, 0.6) is 0 Å².